The van der Waals surface area contributed by atoms with E-state index in [1.54, 1.807) is 24.3 Å². The summed E-state index contributed by atoms with van der Waals surface area (Å²) in [6, 6.07) is 6.55. The highest BCUT2D eigenvalue weighted by atomic mass is 16.2. The van der Waals surface area contributed by atoms with Crippen LogP contribution < -0.4 is 0 Å². The van der Waals surface area contributed by atoms with Crippen molar-refractivity contribution in [3.05, 3.63) is 35.4 Å². The Labute approximate surface area is 115 Å². The molecule has 2 aliphatic heterocycles. The van der Waals surface area contributed by atoms with E-state index in [0.29, 0.717) is 11.1 Å². The minimum absolute atomic E-state index is 0.0404. The summed E-state index contributed by atoms with van der Waals surface area (Å²) in [7, 11) is 1.41. The Balaban J connectivity index is 1.84. The lowest BCUT2D eigenvalue weighted by Crippen LogP contribution is -2.37. The Morgan fingerprint density at radius 1 is 1.05 bits per heavy atom. The van der Waals surface area contributed by atoms with E-state index in [1.807, 2.05) is 0 Å². The second-order valence-electron chi connectivity index (χ2n) is 4.96. The maximum atomic E-state index is 12.2. The topological polar surface area (TPSA) is 74.8 Å². The number of likely N-dealkylation sites (tertiary alicyclic amines) is 1. The summed E-state index contributed by atoms with van der Waals surface area (Å²) in [5.41, 5.74) is 0.699. The molecule has 0 aliphatic carbocycles. The number of carbonyl (C=O) groups excluding carboxylic acids is 4. The van der Waals surface area contributed by atoms with Crippen LogP contribution in [0.2, 0.25) is 0 Å². The average Bonchev–Trinajstić information content (AvgIpc) is 2.83. The number of benzene rings is 1. The zero-order chi connectivity index (χ0) is 14.4. The van der Waals surface area contributed by atoms with Crippen molar-refractivity contribution in [3.8, 4) is 0 Å². The molecule has 6 heteroatoms. The first-order valence-corrected chi connectivity index (χ1v) is 6.26. The number of hydrogen-bond acceptors (Lipinski definition) is 4. The summed E-state index contributed by atoms with van der Waals surface area (Å²) in [6.45, 7) is -0.0404. The van der Waals surface area contributed by atoms with Crippen LogP contribution in [0.25, 0.3) is 0 Å². The van der Waals surface area contributed by atoms with E-state index in [2.05, 4.69) is 0 Å². The van der Waals surface area contributed by atoms with Crippen LogP contribution in [0.5, 0.6) is 0 Å². The fraction of sp³-hybridized carbons (Fsp3) is 0.286. The first-order chi connectivity index (χ1) is 9.50. The molecule has 0 radical (unpaired) electrons. The molecule has 1 atom stereocenters. The lowest BCUT2D eigenvalue weighted by atomic mass is 10.1. The molecule has 0 bridgehead atoms. The largest absolute Gasteiger partial charge is 0.285 e. The van der Waals surface area contributed by atoms with Gasteiger partial charge in [0, 0.05) is 20.0 Å². The molecule has 1 fully saturated rings. The van der Waals surface area contributed by atoms with Gasteiger partial charge in [0.1, 0.15) is 0 Å². The maximum absolute atomic E-state index is 12.2. The van der Waals surface area contributed by atoms with Gasteiger partial charge in [-0.2, -0.15) is 0 Å². The summed E-state index contributed by atoms with van der Waals surface area (Å²) in [5.74, 6) is -2.06. The van der Waals surface area contributed by atoms with Crippen LogP contribution in [0.1, 0.15) is 27.1 Å². The second-order valence-corrected chi connectivity index (χ2v) is 4.96. The van der Waals surface area contributed by atoms with Crippen LogP contribution in [0.4, 0.5) is 0 Å². The van der Waals surface area contributed by atoms with Gasteiger partial charge in [-0.05, 0) is 12.1 Å². The highest BCUT2D eigenvalue weighted by Crippen LogP contribution is 2.26. The van der Waals surface area contributed by atoms with Crippen molar-refractivity contribution in [2.45, 2.75) is 6.42 Å². The molecule has 3 rings (SSSR count). The average molecular weight is 272 g/mol. The predicted octanol–water partition coefficient (Wildman–Crippen LogP) is 0.288. The minimum Gasteiger partial charge on any atom is -0.285 e. The van der Waals surface area contributed by atoms with Crippen molar-refractivity contribution in [1.29, 1.82) is 0 Å². The van der Waals surface area contributed by atoms with E-state index in [9.17, 15) is 19.2 Å². The molecule has 1 aromatic rings. The molecule has 6 nitrogen and oxygen atoms in total. The van der Waals surface area contributed by atoms with Crippen molar-refractivity contribution in [2.75, 3.05) is 13.6 Å². The first kappa shape index (κ1) is 12.5. The molecular formula is C14H12N2O4. The zero-order valence-electron chi connectivity index (χ0n) is 10.8. The number of fused-ring (bicyclic) bond motifs is 1. The van der Waals surface area contributed by atoms with Gasteiger partial charge < -0.3 is 0 Å². The van der Waals surface area contributed by atoms with Crippen molar-refractivity contribution < 1.29 is 19.2 Å². The van der Waals surface area contributed by atoms with Crippen LogP contribution in [0.3, 0.4) is 0 Å². The summed E-state index contributed by atoms with van der Waals surface area (Å²) in [6.07, 6.45) is 0.0444. The van der Waals surface area contributed by atoms with E-state index >= 15 is 0 Å². The molecule has 2 aliphatic rings. The maximum Gasteiger partial charge on any atom is 0.261 e. The lowest BCUT2D eigenvalue weighted by Gasteiger charge is -2.17. The normalized spacial score (nSPS) is 21.9. The van der Waals surface area contributed by atoms with E-state index in [0.717, 1.165) is 9.80 Å². The first-order valence-electron chi connectivity index (χ1n) is 6.26. The number of hydrogen-bond donors (Lipinski definition) is 0. The fourth-order valence-electron chi connectivity index (χ4n) is 2.60. The van der Waals surface area contributed by atoms with Crippen LogP contribution in [-0.4, -0.2) is 47.0 Å². The summed E-state index contributed by atoms with van der Waals surface area (Å²) in [5, 5.41) is 0. The fourth-order valence-corrected chi connectivity index (χ4v) is 2.60. The Morgan fingerprint density at radius 2 is 1.60 bits per heavy atom. The van der Waals surface area contributed by atoms with Gasteiger partial charge >= 0.3 is 0 Å². The molecule has 1 saturated heterocycles. The van der Waals surface area contributed by atoms with Crippen molar-refractivity contribution in [3.63, 3.8) is 0 Å². The van der Waals surface area contributed by atoms with Gasteiger partial charge in [0.05, 0.1) is 17.0 Å². The van der Waals surface area contributed by atoms with Crippen LogP contribution in [-0.2, 0) is 9.59 Å². The monoisotopic (exact) mass is 272 g/mol. The molecule has 20 heavy (non-hydrogen) atoms. The highest BCUT2D eigenvalue weighted by molar-refractivity contribution is 6.21. The van der Waals surface area contributed by atoms with E-state index in [-0.39, 0.29) is 24.8 Å². The van der Waals surface area contributed by atoms with Crippen molar-refractivity contribution in [1.82, 2.24) is 9.80 Å². The molecule has 1 unspecified atom stereocenters. The molecule has 0 spiro atoms. The smallest absolute Gasteiger partial charge is 0.261 e. The number of imide groups is 2. The molecule has 2 heterocycles. The van der Waals surface area contributed by atoms with Crippen molar-refractivity contribution in [2.24, 2.45) is 5.92 Å². The Bertz CT molecular complexity index is 617. The number of amides is 4. The van der Waals surface area contributed by atoms with E-state index in [1.165, 1.54) is 7.05 Å². The summed E-state index contributed by atoms with van der Waals surface area (Å²) < 4.78 is 0. The molecule has 102 valence electrons. The SMILES string of the molecule is CN1C(=O)CC(CN2C(=O)c3ccccc3C2=O)C1=O. The third kappa shape index (κ3) is 1.65. The van der Waals surface area contributed by atoms with Gasteiger partial charge in [0.25, 0.3) is 11.8 Å². The number of carbonyl (C=O) groups is 4. The third-order valence-electron chi connectivity index (χ3n) is 3.76. The Kier molecular flexibility index (Phi) is 2.67. The second kappa shape index (κ2) is 4.26. The van der Waals surface area contributed by atoms with Crippen LogP contribution >= 0.6 is 0 Å². The zero-order valence-corrected chi connectivity index (χ0v) is 10.8. The highest BCUT2D eigenvalue weighted by Gasteiger charge is 2.42. The number of rotatable bonds is 2. The standard InChI is InChI=1S/C14H12N2O4/c1-15-11(17)6-8(12(15)18)7-16-13(19)9-4-2-3-5-10(9)14(16)20/h2-5,8H,6-7H2,1H3. The summed E-state index contributed by atoms with van der Waals surface area (Å²) >= 11 is 0. The predicted molar refractivity (Wildman–Crippen MR) is 67.7 cm³/mol. The lowest BCUT2D eigenvalue weighted by molar-refractivity contribution is -0.137. The van der Waals surface area contributed by atoms with E-state index < -0.39 is 17.7 Å². The minimum atomic E-state index is -0.630. The van der Waals surface area contributed by atoms with Gasteiger partial charge in [-0.15, -0.1) is 0 Å². The molecule has 0 N–H and O–H groups in total. The Hall–Kier alpha value is -2.50. The van der Waals surface area contributed by atoms with Gasteiger partial charge in [0.15, 0.2) is 0 Å². The van der Waals surface area contributed by atoms with Gasteiger partial charge in [-0.3, -0.25) is 29.0 Å². The van der Waals surface area contributed by atoms with Gasteiger partial charge in [-0.25, -0.2) is 0 Å². The van der Waals surface area contributed by atoms with E-state index in [4.69, 9.17) is 0 Å². The van der Waals surface area contributed by atoms with Crippen molar-refractivity contribution >= 4 is 23.6 Å². The van der Waals surface area contributed by atoms with Gasteiger partial charge in [-0.1, -0.05) is 12.1 Å². The third-order valence-corrected chi connectivity index (χ3v) is 3.76. The Morgan fingerprint density at radius 3 is 2.05 bits per heavy atom. The molecule has 1 aromatic carbocycles. The van der Waals surface area contributed by atoms with Gasteiger partial charge in [0.2, 0.25) is 11.8 Å². The quantitative estimate of drug-likeness (QED) is 0.725. The number of nitrogens with zero attached hydrogens (tertiary/aromatic N) is 2. The molecular weight excluding hydrogens is 260 g/mol. The van der Waals surface area contributed by atoms with Crippen LogP contribution in [0, 0.1) is 5.92 Å². The summed E-state index contributed by atoms with van der Waals surface area (Å²) in [4.78, 5) is 49.7. The van der Waals surface area contributed by atoms with Crippen LogP contribution in [0.15, 0.2) is 24.3 Å². The molecule has 0 saturated carbocycles. The molecule has 4 amide bonds. The molecule has 0 aromatic heterocycles.